The standard InChI is InChI=1S/C11H21N3O8S/c15-1-5(12-8(18)4-23)9(19)13-6(2-16)10(20)14-7(3-17)11(21)22/h5-7,9,13,15-17,19,23H,1-4H2,(H,12,18)(H,14,20)(H,21,22). The summed E-state index contributed by atoms with van der Waals surface area (Å²) < 4.78 is 0. The molecule has 4 unspecified atom stereocenters. The molecular formula is C11H21N3O8S. The highest BCUT2D eigenvalue weighted by Gasteiger charge is 2.28. The maximum Gasteiger partial charge on any atom is 0.328 e. The number of hydrogen-bond acceptors (Lipinski definition) is 9. The zero-order valence-electron chi connectivity index (χ0n) is 12.0. The van der Waals surface area contributed by atoms with E-state index in [4.69, 9.17) is 20.4 Å². The summed E-state index contributed by atoms with van der Waals surface area (Å²) in [4.78, 5) is 33.7. The number of carbonyl (C=O) groups excluding carboxylic acids is 2. The molecule has 4 atom stereocenters. The van der Waals surface area contributed by atoms with Gasteiger partial charge in [0.05, 0.1) is 31.6 Å². The van der Waals surface area contributed by atoms with Crippen LogP contribution in [-0.2, 0) is 14.4 Å². The summed E-state index contributed by atoms with van der Waals surface area (Å²) in [6, 6.07) is -4.18. The fraction of sp³-hybridized carbons (Fsp3) is 0.727. The van der Waals surface area contributed by atoms with Gasteiger partial charge in [-0.25, -0.2) is 4.79 Å². The summed E-state index contributed by atoms with van der Waals surface area (Å²) >= 11 is 3.71. The van der Waals surface area contributed by atoms with E-state index in [2.05, 4.69) is 23.3 Å². The quantitative estimate of drug-likeness (QED) is 0.129. The lowest BCUT2D eigenvalue weighted by Crippen LogP contribution is -2.60. The van der Waals surface area contributed by atoms with E-state index in [1.807, 2.05) is 5.32 Å². The van der Waals surface area contributed by atoms with Gasteiger partial charge in [-0.1, -0.05) is 0 Å². The van der Waals surface area contributed by atoms with E-state index in [-0.39, 0.29) is 5.75 Å². The first-order valence-electron chi connectivity index (χ1n) is 6.50. The Bertz CT molecular complexity index is 411. The summed E-state index contributed by atoms with van der Waals surface area (Å²) in [7, 11) is 0. The van der Waals surface area contributed by atoms with Crippen molar-refractivity contribution in [3.05, 3.63) is 0 Å². The van der Waals surface area contributed by atoms with Crippen LogP contribution in [0.25, 0.3) is 0 Å². The molecule has 134 valence electrons. The van der Waals surface area contributed by atoms with E-state index in [9.17, 15) is 19.5 Å². The first kappa shape index (κ1) is 21.6. The summed E-state index contributed by atoms with van der Waals surface area (Å²) in [6.07, 6.45) is -1.61. The van der Waals surface area contributed by atoms with E-state index >= 15 is 0 Å². The summed E-state index contributed by atoms with van der Waals surface area (Å²) in [5, 5.41) is 52.0. The van der Waals surface area contributed by atoms with Gasteiger partial charge in [0.2, 0.25) is 11.8 Å². The molecule has 0 heterocycles. The Balaban J connectivity index is 4.74. The smallest absolute Gasteiger partial charge is 0.328 e. The number of carboxylic acids is 1. The third-order valence-electron chi connectivity index (χ3n) is 2.74. The largest absolute Gasteiger partial charge is 0.480 e. The Morgan fingerprint density at radius 2 is 1.52 bits per heavy atom. The van der Waals surface area contributed by atoms with Crippen molar-refractivity contribution in [1.29, 1.82) is 0 Å². The molecule has 0 aliphatic carbocycles. The number of rotatable bonds is 11. The van der Waals surface area contributed by atoms with Crippen LogP contribution >= 0.6 is 12.6 Å². The Labute approximate surface area is 137 Å². The van der Waals surface area contributed by atoms with Gasteiger partial charge < -0.3 is 36.2 Å². The number of carboxylic acid groups (broad SMARTS) is 1. The van der Waals surface area contributed by atoms with Gasteiger partial charge in [0.15, 0.2) is 0 Å². The minimum Gasteiger partial charge on any atom is -0.480 e. The second-order valence-electron chi connectivity index (χ2n) is 4.44. The monoisotopic (exact) mass is 355 g/mol. The second-order valence-corrected chi connectivity index (χ2v) is 4.76. The molecule has 0 spiro atoms. The molecule has 0 bridgehead atoms. The van der Waals surface area contributed by atoms with Crippen LogP contribution in [0.15, 0.2) is 0 Å². The zero-order valence-corrected chi connectivity index (χ0v) is 12.9. The van der Waals surface area contributed by atoms with Crippen molar-refractivity contribution in [2.75, 3.05) is 25.6 Å². The average Bonchev–Trinajstić information content (AvgIpc) is 2.53. The van der Waals surface area contributed by atoms with Gasteiger partial charge in [-0.2, -0.15) is 12.6 Å². The molecule has 8 N–H and O–H groups in total. The minimum atomic E-state index is -1.61. The fourth-order valence-corrected chi connectivity index (χ4v) is 1.56. The topological polar surface area (TPSA) is 188 Å². The van der Waals surface area contributed by atoms with Crippen LogP contribution < -0.4 is 16.0 Å². The Hall–Kier alpha value is -1.44. The van der Waals surface area contributed by atoms with Gasteiger partial charge in [0.1, 0.15) is 18.3 Å². The maximum atomic E-state index is 11.8. The lowest BCUT2D eigenvalue weighted by Gasteiger charge is -2.27. The molecule has 0 saturated carbocycles. The highest BCUT2D eigenvalue weighted by atomic mass is 32.1. The van der Waals surface area contributed by atoms with E-state index in [1.54, 1.807) is 0 Å². The van der Waals surface area contributed by atoms with Crippen molar-refractivity contribution in [1.82, 2.24) is 16.0 Å². The highest BCUT2D eigenvalue weighted by Crippen LogP contribution is 1.95. The SMILES string of the molecule is O=C(CS)NC(CO)C(O)NC(CO)C(=O)NC(CO)C(=O)O. The zero-order chi connectivity index (χ0) is 18.0. The normalized spacial score (nSPS) is 16.0. The molecule has 11 nitrogen and oxygen atoms in total. The number of aliphatic hydroxyl groups excluding tert-OH is 4. The molecule has 0 saturated heterocycles. The molecule has 2 amide bonds. The molecule has 12 heteroatoms. The number of nitrogens with one attached hydrogen (secondary N) is 3. The Kier molecular flexibility index (Phi) is 10.5. The van der Waals surface area contributed by atoms with Crippen molar-refractivity contribution in [3.8, 4) is 0 Å². The van der Waals surface area contributed by atoms with Gasteiger partial charge in [-0.15, -0.1) is 0 Å². The fourth-order valence-electron chi connectivity index (χ4n) is 1.47. The van der Waals surface area contributed by atoms with Crippen LogP contribution in [0, 0.1) is 0 Å². The van der Waals surface area contributed by atoms with Crippen LogP contribution in [0.1, 0.15) is 0 Å². The highest BCUT2D eigenvalue weighted by molar-refractivity contribution is 7.81. The number of aliphatic carboxylic acids is 1. The molecule has 0 aromatic heterocycles. The van der Waals surface area contributed by atoms with Crippen LogP contribution in [0.5, 0.6) is 0 Å². The average molecular weight is 355 g/mol. The lowest BCUT2D eigenvalue weighted by molar-refractivity contribution is -0.143. The predicted molar refractivity (Wildman–Crippen MR) is 79.5 cm³/mol. The summed E-state index contributed by atoms with van der Waals surface area (Å²) in [5.41, 5.74) is 0. The lowest BCUT2D eigenvalue weighted by atomic mass is 10.2. The van der Waals surface area contributed by atoms with Crippen LogP contribution in [0.4, 0.5) is 0 Å². The number of thiol groups is 1. The maximum absolute atomic E-state index is 11.8. The van der Waals surface area contributed by atoms with Gasteiger partial charge in [0, 0.05) is 0 Å². The minimum absolute atomic E-state index is 0.191. The van der Waals surface area contributed by atoms with Crippen LogP contribution in [0.2, 0.25) is 0 Å². The van der Waals surface area contributed by atoms with Gasteiger partial charge in [-0.3, -0.25) is 14.9 Å². The number of hydrogen-bond donors (Lipinski definition) is 9. The molecule has 0 aromatic rings. The van der Waals surface area contributed by atoms with Crippen LogP contribution in [0.3, 0.4) is 0 Å². The van der Waals surface area contributed by atoms with Crippen molar-refractivity contribution >= 4 is 30.4 Å². The number of carbonyl (C=O) groups is 3. The molecule has 0 aliphatic rings. The molecule has 0 fully saturated rings. The van der Waals surface area contributed by atoms with E-state index in [1.165, 1.54) is 0 Å². The van der Waals surface area contributed by atoms with E-state index < -0.39 is 62.0 Å². The van der Waals surface area contributed by atoms with Crippen molar-refractivity contribution in [2.24, 2.45) is 0 Å². The Morgan fingerprint density at radius 3 is 1.91 bits per heavy atom. The van der Waals surface area contributed by atoms with Crippen molar-refractivity contribution < 1.29 is 39.9 Å². The molecule has 0 aliphatic heterocycles. The first-order chi connectivity index (χ1) is 10.8. The second kappa shape index (κ2) is 11.2. The summed E-state index contributed by atoms with van der Waals surface area (Å²) in [5.74, 6) is -3.24. The van der Waals surface area contributed by atoms with Crippen LogP contribution in [-0.4, -0.2) is 93.2 Å². The molecule has 0 aromatic carbocycles. The van der Waals surface area contributed by atoms with Crippen molar-refractivity contribution in [2.45, 2.75) is 24.4 Å². The third kappa shape index (κ3) is 7.58. The van der Waals surface area contributed by atoms with Gasteiger partial charge in [0.25, 0.3) is 0 Å². The third-order valence-corrected chi connectivity index (χ3v) is 3.02. The number of aliphatic hydroxyl groups is 4. The summed E-state index contributed by atoms with van der Waals surface area (Å²) in [6.45, 7) is -2.33. The van der Waals surface area contributed by atoms with E-state index in [0.717, 1.165) is 0 Å². The molecule has 0 radical (unpaired) electrons. The van der Waals surface area contributed by atoms with Gasteiger partial charge >= 0.3 is 5.97 Å². The molecule has 0 rings (SSSR count). The first-order valence-corrected chi connectivity index (χ1v) is 7.14. The van der Waals surface area contributed by atoms with Crippen molar-refractivity contribution in [3.63, 3.8) is 0 Å². The predicted octanol–water partition coefficient (Wildman–Crippen LogP) is -4.78. The Morgan fingerprint density at radius 1 is 0.957 bits per heavy atom. The van der Waals surface area contributed by atoms with Gasteiger partial charge in [-0.05, 0) is 0 Å². The van der Waals surface area contributed by atoms with E-state index in [0.29, 0.717) is 0 Å². The number of amides is 2. The molecular weight excluding hydrogens is 334 g/mol. The molecule has 23 heavy (non-hydrogen) atoms.